The zero-order chi connectivity index (χ0) is 10.4. The van der Waals surface area contributed by atoms with Crippen molar-refractivity contribution < 1.29 is 5.11 Å². The minimum absolute atomic E-state index is 0.243. The van der Waals surface area contributed by atoms with Gasteiger partial charge in [0.1, 0.15) is 0 Å². The van der Waals surface area contributed by atoms with Gasteiger partial charge in [0.15, 0.2) is 0 Å². The maximum Gasteiger partial charge on any atom is 0.0701 e. The lowest BCUT2D eigenvalue weighted by molar-refractivity contribution is 0.191. The van der Waals surface area contributed by atoms with Gasteiger partial charge in [0, 0.05) is 18.0 Å². The van der Waals surface area contributed by atoms with Gasteiger partial charge < -0.3 is 5.11 Å². The highest BCUT2D eigenvalue weighted by Crippen LogP contribution is 2.23. The van der Waals surface area contributed by atoms with Crippen molar-refractivity contribution >= 4 is 27.3 Å². The highest BCUT2D eigenvalue weighted by Gasteiger charge is 2.05. The van der Waals surface area contributed by atoms with E-state index in [1.165, 1.54) is 8.66 Å². The highest BCUT2D eigenvalue weighted by atomic mass is 79.9. The van der Waals surface area contributed by atoms with Crippen LogP contribution in [0.2, 0.25) is 0 Å². The summed E-state index contributed by atoms with van der Waals surface area (Å²) in [5, 5.41) is 8.90. The largest absolute Gasteiger partial charge is 0.395 e. The zero-order valence-electron chi connectivity index (χ0n) is 8.37. The van der Waals surface area contributed by atoms with E-state index in [1.807, 2.05) is 0 Å². The molecule has 0 saturated heterocycles. The number of rotatable bonds is 6. The van der Waals surface area contributed by atoms with Gasteiger partial charge in [0.2, 0.25) is 0 Å². The fourth-order valence-electron chi connectivity index (χ4n) is 1.38. The van der Waals surface area contributed by atoms with E-state index in [-0.39, 0.29) is 6.61 Å². The first-order valence-corrected chi connectivity index (χ1v) is 6.44. The molecular weight excluding hydrogens is 262 g/mol. The number of nitrogens with zero attached hydrogens (tertiary/aromatic N) is 1. The molecule has 0 saturated carbocycles. The number of hydrogen-bond donors (Lipinski definition) is 1. The zero-order valence-corrected chi connectivity index (χ0v) is 10.8. The van der Waals surface area contributed by atoms with E-state index >= 15 is 0 Å². The van der Waals surface area contributed by atoms with Crippen LogP contribution < -0.4 is 0 Å². The molecule has 0 radical (unpaired) electrons. The van der Waals surface area contributed by atoms with Crippen molar-refractivity contribution in [3.8, 4) is 0 Å². The predicted molar refractivity (Wildman–Crippen MR) is 64.7 cm³/mol. The molecule has 0 unspecified atom stereocenters. The third kappa shape index (κ3) is 4.09. The molecular formula is C10H16BrNOS. The Bertz CT molecular complexity index is 258. The molecule has 4 heteroatoms. The maximum atomic E-state index is 8.90. The summed E-state index contributed by atoms with van der Waals surface area (Å²) in [6, 6.07) is 4.21. The van der Waals surface area contributed by atoms with Crippen LogP contribution in [0.3, 0.4) is 0 Å². The van der Waals surface area contributed by atoms with Gasteiger partial charge in [-0.15, -0.1) is 11.3 Å². The Morgan fingerprint density at radius 2 is 2.21 bits per heavy atom. The maximum absolute atomic E-state index is 8.90. The van der Waals surface area contributed by atoms with Crippen molar-refractivity contribution in [3.05, 3.63) is 20.8 Å². The molecule has 14 heavy (non-hydrogen) atoms. The lowest BCUT2D eigenvalue weighted by Gasteiger charge is -2.19. The minimum atomic E-state index is 0.243. The van der Waals surface area contributed by atoms with E-state index in [0.29, 0.717) is 0 Å². The molecule has 0 atom stereocenters. The average Bonchev–Trinajstić information content (AvgIpc) is 2.52. The van der Waals surface area contributed by atoms with Crippen molar-refractivity contribution in [2.75, 3.05) is 19.7 Å². The molecule has 1 rings (SSSR count). The van der Waals surface area contributed by atoms with Crippen LogP contribution in [0.5, 0.6) is 0 Å². The lowest BCUT2D eigenvalue weighted by atomic mass is 10.3. The predicted octanol–water partition coefficient (Wildman–Crippen LogP) is 2.71. The van der Waals surface area contributed by atoms with E-state index in [4.69, 9.17) is 5.11 Å². The van der Waals surface area contributed by atoms with E-state index in [1.54, 1.807) is 11.3 Å². The summed E-state index contributed by atoms with van der Waals surface area (Å²) < 4.78 is 1.17. The Balaban J connectivity index is 2.46. The number of halogens is 1. The third-order valence-electron chi connectivity index (χ3n) is 1.96. The molecule has 1 aromatic heterocycles. The normalized spacial score (nSPS) is 11.1. The fraction of sp³-hybridized carbons (Fsp3) is 0.600. The first-order chi connectivity index (χ1) is 6.76. The van der Waals surface area contributed by atoms with Crippen molar-refractivity contribution in [3.63, 3.8) is 0 Å². The Hall–Kier alpha value is 0.1000. The van der Waals surface area contributed by atoms with Crippen LogP contribution in [0.15, 0.2) is 15.9 Å². The Morgan fingerprint density at radius 3 is 2.71 bits per heavy atom. The van der Waals surface area contributed by atoms with Crippen LogP contribution in [0.25, 0.3) is 0 Å². The van der Waals surface area contributed by atoms with Gasteiger partial charge in [-0.3, -0.25) is 4.90 Å². The second kappa shape index (κ2) is 6.56. The first kappa shape index (κ1) is 12.2. The summed E-state index contributed by atoms with van der Waals surface area (Å²) in [4.78, 5) is 3.62. The highest BCUT2D eigenvalue weighted by molar-refractivity contribution is 9.11. The van der Waals surface area contributed by atoms with Crippen LogP contribution in [0.1, 0.15) is 18.2 Å². The molecule has 1 heterocycles. The molecule has 1 N–H and O–H groups in total. The number of thiophene rings is 1. The molecule has 2 nitrogen and oxygen atoms in total. The van der Waals surface area contributed by atoms with Crippen LogP contribution in [0.4, 0.5) is 0 Å². The van der Waals surface area contributed by atoms with Gasteiger partial charge in [0.05, 0.1) is 10.4 Å². The van der Waals surface area contributed by atoms with Crippen molar-refractivity contribution in [1.29, 1.82) is 0 Å². The molecule has 0 aliphatic carbocycles. The third-order valence-corrected chi connectivity index (χ3v) is 3.57. The second-order valence-electron chi connectivity index (χ2n) is 3.21. The summed E-state index contributed by atoms with van der Waals surface area (Å²) >= 11 is 5.21. The van der Waals surface area contributed by atoms with Gasteiger partial charge in [-0.2, -0.15) is 0 Å². The summed E-state index contributed by atoms with van der Waals surface area (Å²) in [5.41, 5.74) is 0. The van der Waals surface area contributed by atoms with Crippen LogP contribution >= 0.6 is 27.3 Å². The molecule has 0 aliphatic heterocycles. The number of aliphatic hydroxyl groups excluding tert-OH is 1. The molecule has 0 bridgehead atoms. The quantitative estimate of drug-likeness (QED) is 0.865. The molecule has 80 valence electrons. The van der Waals surface area contributed by atoms with Gasteiger partial charge in [-0.25, -0.2) is 0 Å². The van der Waals surface area contributed by atoms with Crippen molar-refractivity contribution in [1.82, 2.24) is 4.90 Å². The summed E-state index contributed by atoms with van der Waals surface area (Å²) in [7, 11) is 0. The fourth-order valence-corrected chi connectivity index (χ4v) is 2.91. The number of hydrogen-bond acceptors (Lipinski definition) is 3. The average molecular weight is 278 g/mol. The minimum Gasteiger partial charge on any atom is -0.395 e. The van der Waals surface area contributed by atoms with E-state index < -0.39 is 0 Å². The summed E-state index contributed by atoms with van der Waals surface area (Å²) in [6.45, 7) is 5.17. The first-order valence-electron chi connectivity index (χ1n) is 4.83. The van der Waals surface area contributed by atoms with Gasteiger partial charge in [-0.05, 0) is 41.0 Å². The number of aliphatic hydroxyl groups is 1. The van der Waals surface area contributed by atoms with Gasteiger partial charge in [-0.1, -0.05) is 6.92 Å². The summed E-state index contributed by atoms with van der Waals surface area (Å²) in [6.07, 6.45) is 1.13. The van der Waals surface area contributed by atoms with Crippen LogP contribution in [0, 0.1) is 0 Å². The summed E-state index contributed by atoms with van der Waals surface area (Å²) in [5.74, 6) is 0. The standard InChI is InChI=1S/C10H16BrNOS/c1-2-5-12(6-7-13)8-9-3-4-10(11)14-9/h3-4,13H,2,5-8H2,1H3. The molecule has 0 fully saturated rings. The topological polar surface area (TPSA) is 23.5 Å². The van der Waals surface area contributed by atoms with Crippen molar-refractivity contribution in [2.45, 2.75) is 19.9 Å². The Morgan fingerprint density at radius 1 is 1.43 bits per heavy atom. The van der Waals surface area contributed by atoms with Gasteiger partial charge >= 0.3 is 0 Å². The SMILES string of the molecule is CCCN(CCO)Cc1ccc(Br)s1. The molecule has 1 aromatic rings. The van der Waals surface area contributed by atoms with E-state index in [0.717, 1.165) is 26.1 Å². The molecule has 0 spiro atoms. The molecule has 0 amide bonds. The molecule has 0 aliphatic rings. The van der Waals surface area contributed by atoms with E-state index in [9.17, 15) is 0 Å². The van der Waals surface area contributed by atoms with Crippen LogP contribution in [-0.2, 0) is 6.54 Å². The van der Waals surface area contributed by atoms with E-state index in [2.05, 4.69) is 39.9 Å². The van der Waals surface area contributed by atoms with Crippen LogP contribution in [-0.4, -0.2) is 29.7 Å². The Kier molecular flexibility index (Phi) is 5.70. The monoisotopic (exact) mass is 277 g/mol. The molecule has 0 aromatic carbocycles. The Labute approximate surface area is 97.7 Å². The smallest absolute Gasteiger partial charge is 0.0701 e. The van der Waals surface area contributed by atoms with Gasteiger partial charge in [0.25, 0.3) is 0 Å². The second-order valence-corrected chi connectivity index (χ2v) is 5.75. The van der Waals surface area contributed by atoms with Crippen molar-refractivity contribution in [2.24, 2.45) is 0 Å². The lowest BCUT2D eigenvalue weighted by Crippen LogP contribution is -2.26.